The van der Waals surface area contributed by atoms with Gasteiger partial charge in [0.15, 0.2) is 12.4 Å². The molecule has 0 aromatic carbocycles. The highest BCUT2D eigenvalue weighted by molar-refractivity contribution is 7.98. The quantitative estimate of drug-likeness (QED) is 0.571. The van der Waals surface area contributed by atoms with Crippen LogP contribution in [0.25, 0.3) is 0 Å². The Morgan fingerprint density at radius 3 is 2.60 bits per heavy atom. The highest BCUT2D eigenvalue weighted by atomic mass is 32.2. The van der Waals surface area contributed by atoms with Crippen molar-refractivity contribution in [1.82, 2.24) is 10.1 Å². The third-order valence-electron chi connectivity index (χ3n) is 3.70. The summed E-state index contributed by atoms with van der Waals surface area (Å²) in [5, 5.41) is 4.47. The van der Waals surface area contributed by atoms with Crippen LogP contribution in [0.4, 0.5) is 0 Å². The number of aromatic nitrogens is 2. The molecule has 0 fully saturated rings. The van der Waals surface area contributed by atoms with Crippen LogP contribution >= 0.6 is 11.8 Å². The first kappa shape index (κ1) is 19.2. The second-order valence-corrected chi connectivity index (χ2v) is 7.66. The van der Waals surface area contributed by atoms with Crippen molar-refractivity contribution in [3.8, 4) is 0 Å². The molecule has 25 heavy (non-hydrogen) atoms. The largest absolute Gasteiger partial charge is 0.454 e. The van der Waals surface area contributed by atoms with E-state index in [9.17, 15) is 9.59 Å². The predicted molar refractivity (Wildman–Crippen MR) is 94.5 cm³/mol. The molecule has 0 unspecified atom stereocenters. The maximum absolute atomic E-state index is 12.3. The summed E-state index contributed by atoms with van der Waals surface area (Å²) in [7, 11) is 0. The van der Waals surface area contributed by atoms with E-state index in [0.29, 0.717) is 16.3 Å². The summed E-state index contributed by atoms with van der Waals surface area (Å²) in [6, 6.07) is 3.31. The Labute approximate surface area is 151 Å². The van der Waals surface area contributed by atoms with Gasteiger partial charge >= 0.3 is 5.97 Å². The van der Waals surface area contributed by atoms with Crippen LogP contribution in [0.15, 0.2) is 27.9 Å². The standard InChI is InChI=1S/C18H22N2O4S/c1-11-14(12(2)24-20-11)10-25-16-13(7-6-8-19-16)17(22)23-9-15(21)18(3,4)5/h6-8H,9-10H2,1-5H3. The van der Waals surface area contributed by atoms with E-state index in [0.717, 1.165) is 17.0 Å². The van der Waals surface area contributed by atoms with Gasteiger partial charge < -0.3 is 9.26 Å². The number of esters is 1. The number of nitrogens with zero attached hydrogens (tertiary/aromatic N) is 2. The lowest BCUT2D eigenvalue weighted by Gasteiger charge is -2.16. The Balaban J connectivity index is 2.07. The fourth-order valence-corrected chi connectivity index (χ4v) is 3.07. The van der Waals surface area contributed by atoms with Gasteiger partial charge in [-0.25, -0.2) is 9.78 Å². The van der Waals surface area contributed by atoms with Gasteiger partial charge in [0.1, 0.15) is 10.8 Å². The highest BCUT2D eigenvalue weighted by Crippen LogP contribution is 2.27. The summed E-state index contributed by atoms with van der Waals surface area (Å²) in [6.07, 6.45) is 1.62. The number of ketones is 1. The summed E-state index contributed by atoms with van der Waals surface area (Å²) in [5.74, 6) is 0.654. The number of ether oxygens (including phenoxy) is 1. The lowest BCUT2D eigenvalue weighted by atomic mass is 9.91. The average Bonchev–Trinajstić information content (AvgIpc) is 2.88. The van der Waals surface area contributed by atoms with Crippen molar-refractivity contribution < 1.29 is 18.8 Å². The first-order valence-electron chi connectivity index (χ1n) is 7.90. The van der Waals surface area contributed by atoms with Crippen molar-refractivity contribution in [3.63, 3.8) is 0 Å². The molecule has 0 aliphatic carbocycles. The van der Waals surface area contributed by atoms with Crippen molar-refractivity contribution in [2.45, 2.75) is 45.4 Å². The number of Topliss-reactive ketones (excluding diaryl/α,β-unsaturated/α-hetero) is 1. The summed E-state index contributed by atoms with van der Waals surface area (Å²) in [6.45, 7) is 8.85. The van der Waals surface area contributed by atoms with Gasteiger partial charge in [-0.05, 0) is 26.0 Å². The van der Waals surface area contributed by atoms with Crippen LogP contribution < -0.4 is 0 Å². The van der Waals surface area contributed by atoms with Gasteiger partial charge in [-0.15, -0.1) is 11.8 Å². The third kappa shape index (κ3) is 4.92. The molecule has 134 valence electrons. The van der Waals surface area contributed by atoms with Gasteiger partial charge in [0, 0.05) is 22.9 Å². The van der Waals surface area contributed by atoms with Gasteiger partial charge in [-0.2, -0.15) is 0 Å². The minimum Gasteiger partial charge on any atom is -0.454 e. The zero-order valence-corrected chi connectivity index (χ0v) is 15.9. The Morgan fingerprint density at radius 1 is 1.28 bits per heavy atom. The Bertz CT molecular complexity index is 758. The molecule has 0 bridgehead atoms. The van der Waals surface area contributed by atoms with Crippen LogP contribution in [0.5, 0.6) is 0 Å². The van der Waals surface area contributed by atoms with E-state index in [-0.39, 0.29) is 12.4 Å². The van der Waals surface area contributed by atoms with Gasteiger partial charge in [0.05, 0.1) is 11.3 Å². The van der Waals surface area contributed by atoms with Gasteiger partial charge in [0.25, 0.3) is 0 Å². The molecule has 0 N–H and O–H groups in total. The lowest BCUT2D eigenvalue weighted by molar-refractivity contribution is -0.129. The number of hydrogen-bond donors (Lipinski definition) is 0. The zero-order chi connectivity index (χ0) is 18.6. The molecule has 0 saturated carbocycles. The number of rotatable bonds is 6. The molecule has 0 aliphatic rings. The van der Waals surface area contributed by atoms with E-state index in [1.54, 1.807) is 39.1 Å². The summed E-state index contributed by atoms with van der Waals surface area (Å²) < 4.78 is 10.3. The summed E-state index contributed by atoms with van der Waals surface area (Å²) in [4.78, 5) is 28.5. The third-order valence-corrected chi connectivity index (χ3v) is 4.73. The maximum atomic E-state index is 12.3. The molecule has 7 heteroatoms. The van der Waals surface area contributed by atoms with E-state index in [1.165, 1.54) is 11.8 Å². The average molecular weight is 362 g/mol. The lowest BCUT2D eigenvalue weighted by Crippen LogP contribution is -2.26. The smallest absolute Gasteiger partial charge is 0.341 e. The van der Waals surface area contributed by atoms with Crippen molar-refractivity contribution in [1.29, 1.82) is 0 Å². The van der Waals surface area contributed by atoms with Crippen LogP contribution in [-0.4, -0.2) is 28.5 Å². The van der Waals surface area contributed by atoms with E-state index >= 15 is 0 Å². The molecular weight excluding hydrogens is 340 g/mol. The molecule has 0 radical (unpaired) electrons. The number of thioether (sulfide) groups is 1. The van der Waals surface area contributed by atoms with Crippen LogP contribution in [0, 0.1) is 19.3 Å². The summed E-state index contributed by atoms with van der Waals surface area (Å²) >= 11 is 1.40. The molecule has 2 rings (SSSR count). The molecule has 0 spiro atoms. The van der Waals surface area contributed by atoms with Crippen molar-refractivity contribution in [3.05, 3.63) is 40.9 Å². The molecule has 6 nitrogen and oxygen atoms in total. The number of carbonyl (C=O) groups excluding carboxylic acids is 2. The summed E-state index contributed by atoms with van der Waals surface area (Å²) in [5.41, 5.74) is 1.61. The normalized spacial score (nSPS) is 11.4. The van der Waals surface area contributed by atoms with Crippen molar-refractivity contribution >= 4 is 23.5 Å². The van der Waals surface area contributed by atoms with E-state index < -0.39 is 11.4 Å². The minimum absolute atomic E-state index is 0.130. The van der Waals surface area contributed by atoms with Crippen molar-refractivity contribution in [2.24, 2.45) is 5.41 Å². The van der Waals surface area contributed by atoms with Gasteiger partial charge in [-0.3, -0.25) is 4.79 Å². The Kier molecular flexibility index (Phi) is 6.00. The van der Waals surface area contributed by atoms with E-state index in [1.807, 2.05) is 13.8 Å². The number of aryl methyl sites for hydroxylation is 2. The van der Waals surface area contributed by atoms with Crippen LogP contribution in [0.2, 0.25) is 0 Å². The van der Waals surface area contributed by atoms with Gasteiger partial charge in [0.2, 0.25) is 0 Å². The molecule has 2 aromatic rings. The zero-order valence-electron chi connectivity index (χ0n) is 15.1. The topological polar surface area (TPSA) is 82.3 Å². The molecule has 0 saturated heterocycles. The van der Waals surface area contributed by atoms with Crippen LogP contribution in [0.1, 0.15) is 48.1 Å². The second-order valence-electron chi connectivity index (χ2n) is 6.70. The second kappa shape index (κ2) is 7.82. The molecule has 0 amide bonds. The Hall–Kier alpha value is -2.15. The molecular formula is C18H22N2O4S. The molecule has 2 heterocycles. The molecule has 2 aromatic heterocycles. The SMILES string of the molecule is Cc1noc(C)c1CSc1ncccc1C(=O)OCC(=O)C(C)(C)C. The van der Waals surface area contributed by atoms with E-state index in [2.05, 4.69) is 10.1 Å². The fraction of sp³-hybridized carbons (Fsp3) is 0.444. The van der Waals surface area contributed by atoms with Crippen molar-refractivity contribution in [2.75, 3.05) is 6.61 Å². The fourth-order valence-electron chi connectivity index (χ4n) is 1.94. The molecule has 0 atom stereocenters. The molecule has 0 aliphatic heterocycles. The predicted octanol–water partition coefficient (Wildman–Crippen LogP) is 3.75. The number of carbonyl (C=O) groups is 2. The van der Waals surface area contributed by atoms with Crippen LogP contribution in [-0.2, 0) is 15.3 Å². The number of pyridine rings is 1. The van der Waals surface area contributed by atoms with Gasteiger partial charge in [-0.1, -0.05) is 25.9 Å². The monoisotopic (exact) mass is 362 g/mol. The Morgan fingerprint density at radius 2 is 2.00 bits per heavy atom. The van der Waals surface area contributed by atoms with Crippen LogP contribution in [0.3, 0.4) is 0 Å². The minimum atomic E-state index is -0.549. The first-order valence-corrected chi connectivity index (χ1v) is 8.88. The van der Waals surface area contributed by atoms with E-state index in [4.69, 9.17) is 9.26 Å². The maximum Gasteiger partial charge on any atom is 0.341 e. The first-order chi connectivity index (χ1) is 11.7. The highest BCUT2D eigenvalue weighted by Gasteiger charge is 2.24. The number of hydrogen-bond acceptors (Lipinski definition) is 7.